The SMILES string of the molecule is CCC(C)CNC(=O)NC1CCCCC1. The second-order valence-corrected chi connectivity index (χ2v) is 4.70. The van der Waals surface area contributed by atoms with Crippen LogP contribution in [0.3, 0.4) is 0 Å². The summed E-state index contributed by atoms with van der Waals surface area (Å²) in [7, 11) is 0. The third-order valence-electron chi connectivity index (χ3n) is 3.25. The molecule has 0 aromatic rings. The lowest BCUT2D eigenvalue weighted by atomic mass is 9.96. The van der Waals surface area contributed by atoms with E-state index in [1.807, 2.05) is 0 Å². The fraction of sp³-hybridized carbons (Fsp3) is 0.917. The molecule has 3 nitrogen and oxygen atoms in total. The standard InChI is InChI=1S/C12H24N2O/c1-3-10(2)9-13-12(15)14-11-7-5-4-6-8-11/h10-11H,3-9H2,1-2H3,(H2,13,14,15). The molecule has 0 heterocycles. The van der Waals surface area contributed by atoms with Crippen molar-refractivity contribution >= 4 is 6.03 Å². The third-order valence-corrected chi connectivity index (χ3v) is 3.25. The van der Waals surface area contributed by atoms with Crippen LogP contribution in [-0.2, 0) is 0 Å². The predicted molar refractivity (Wildman–Crippen MR) is 62.9 cm³/mol. The fourth-order valence-electron chi connectivity index (χ4n) is 1.89. The Morgan fingerprint density at radius 1 is 1.33 bits per heavy atom. The van der Waals surface area contributed by atoms with Crippen LogP contribution in [0.5, 0.6) is 0 Å². The maximum absolute atomic E-state index is 11.5. The lowest BCUT2D eigenvalue weighted by Gasteiger charge is -2.23. The van der Waals surface area contributed by atoms with E-state index in [4.69, 9.17) is 0 Å². The average molecular weight is 212 g/mol. The van der Waals surface area contributed by atoms with Gasteiger partial charge in [0.05, 0.1) is 0 Å². The van der Waals surface area contributed by atoms with Gasteiger partial charge in [0, 0.05) is 12.6 Å². The Morgan fingerprint density at radius 3 is 2.60 bits per heavy atom. The third kappa shape index (κ3) is 5.05. The van der Waals surface area contributed by atoms with Crippen LogP contribution < -0.4 is 10.6 Å². The largest absolute Gasteiger partial charge is 0.338 e. The van der Waals surface area contributed by atoms with E-state index >= 15 is 0 Å². The summed E-state index contributed by atoms with van der Waals surface area (Å²) >= 11 is 0. The van der Waals surface area contributed by atoms with Crippen LogP contribution in [0.1, 0.15) is 52.4 Å². The number of hydrogen-bond donors (Lipinski definition) is 2. The molecule has 0 saturated heterocycles. The quantitative estimate of drug-likeness (QED) is 0.739. The highest BCUT2D eigenvalue weighted by atomic mass is 16.2. The molecule has 0 aromatic heterocycles. The molecule has 3 heteroatoms. The van der Waals surface area contributed by atoms with Gasteiger partial charge in [-0.1, -0.05) is 39.5 Å². The summed E-state index contributed by atoms with van der Waals surface area (Å²) in [6.07, 6.45) is 7.26. The van der Waals surface area contributed by atoms with Crippen LogP contribution in [0.25, 0.3) is 0 Å². The molecular formula is C12H24N2O. The molecule has 1 atom stereocenters. The molecular weight excluding hydrogens is 188 g/mol. The Bertz CT molecular complexity index is 188. The molecule has 15 heavy (non-hydrogen) atoms. The first-order valence-electron chi connectivity index (χ1n) is 6.26. The van der Waals surface area contributed by atoms with E-state index in [0.29, 0.717) is 12.0 Å². The summed E-state index contributed by atoms with van der Waals surface area (Å²) in [5.74, 6) is 0.571. The first-order valence-corrected chi connectivity index (χ1v) is 6.26. The Morgan fingerprint density at radius 2 is 2.00 bits per heavy atom. The van der Waals surface area contributed by atoms with Crippen molar-refractivity contribution in [3.63, 3.8) is 0 Å². The normalized spacial score (nSPS) is 19.6. The summed E-state index contributed by atoms with van der Waals surface area (Å²) in [4.78, 5) is 11.5. The van der Waals surface area contributed by atoms with E-state index < -0.39 is 0 Å². The van der Waals surface area contributed by atoms with Crippen molar-refractivity contribution in [2.24, 2.45) is 5.92 Å². The zero-order valence-electron chi connectivity index (χ0n) is 10.0. The second-order valence-electron chi connectivity index (χ2n) is 4.70. The zero-order chi connectivity index (χ0) is 11.1. The molecule has 0 radical (unpaired) electrons. The van der Waals surface area contributed by atoms with Gasteiger partial charge < -0.3 is 10.6 Å². The lowest BCUT2D eigenvalue weighted by Crippen LogP contribution is -2.44. The molecule has 1 aliphatic carbocycles. The molecule has 1 aliphatic rings. The number of carbonyl (C=O) groups is 1. The van der Waals surface area contributed by atoms with Crippen LogP contribution in [0, 0.1) is 5.92 Å². The average Bonchev–Trinajstić information content (AvgIpc) is 2.27. The van der Waals surface area contributed by atoms with Crippen LogP contribution in [0.2, 0.25) is 0 Å². The molecule has 0 spiro atoms. The predicted octanol–water partition coefficient (Wildman–Crippen LogP) is 2.66. The Balaban J connectivity index is 2.11. The van der Waals surface area contributed by atoms with Gasteiger partial charge in [0.25, 0.3) is 0 Å². The van der Waals surface area contributed by atoms with Crippen molar-refractivity contribution in [3.05, 3.63) is 0 Å². The Kier molecular flexibility index (Phi) is 5.51. The van der Waals surface area contributed by atoms with Gasteiger partial charge in [-0.2, -0.15) is 0 Å². The van der Waals surface area contributed by atoms with Gasteiger partial charge in [-0.3, -0.25) is 0 Å². The van der Waals surface area contributed by atoms with Gasteiger partial charge >= 0.3 is 6.03 Å². The van der Waals surface area contributed by atoms with Gasteiger partial charge in [0.1, 0.15) is 0 Å². The first kappa shape index (κ1) is 12.3. The van der Waals surface area contributed by atoms with Gasteiger partial charge in [0.15, 0.2) is 0 Å². The highest BCUT2D eigenvalue weighted by molar-refractivity contribution is 5.74. The lowest BCUT2D eigenvalue weighted by molar-refractivity contribution is 0.231. The highest BCUT2D eigenvalue weighted by Crippen LogP contribution is 2.17. The zero-order valence-corrected chi connectivity index (χ0v) is 10.0. The summed E-state index contributed by atoms with van der Waals surface area (Å²) in [6, 6.07) is 0.429. The first-order chi connectivity index (χ1) is 7.22. The number of amides is 2. The van der Waals surface area contributed by atoms with Crippen LogP contribution in [0.4, 0.5) is 4.79 Å². The minimum atomic E-state index is 0.0159. The van der Waals surface area contributed by atoms with E-state index in [-0.39, 0.29) is 6.03 Å². The van der Waals surface area contributed by atoms with Gasteiger partial charge in [0.2, 0.25) is 0 Å². The maximum Gasteiger partial charge on any atom is 0.315 e. The molecule has 1 saturated carbocycles. The van der Waals surface area contributed by atoms with Crippen LogP contribution in [-0.4, -0.2) is 18.6 Å². The Labute approximate surface area is 93.0 Å². The number of nitrogens with one attached hydrogen (secondary N) is 2. The number of urea groups is 1. The smallest absolute Gasteiger partial charge is 0.315 e. The van der Waals surface area contributed by atoms with E-state index in [1.54, 1.807) is 0 Å². The molecule has 0 bridgehead atoms. The molecule has 1 rings (SSSR count). The molecule has 88 valence electrons. The van der Waals surface area contributed by atoms with E-state index in [0.717, 1.165) is 25.8 Å². The van der Waals surface area contributed by atoms with Crippen molar-refractivity contribution in [1.29, 1.82) is 0 Å². The fourth-order valence-corrected chi connectivity index (χ4v) is 1.89. The minimum absolute atomic E-state index is 0.0159. The van der Waals surface area contributed by atoms with Crippen LogP contribution in [0.15, 0.2) is 0 Å². The maximum atomic E-state index is 11.5. The van der Waals surface area contributed by atoms with E-state index in [1.165, 1.54) is 19.3 Å². The summed E-state index contributed by atoms with van der Waals surface area (Å²) < 4.78 is 0. The van der Waals surface area contributed by atoms with Crippen LogP contribution >= 0.6 is 0 Å². The van der Waals surface area contributed by atoms with Crippen molar-refractivity contribution < 1.29 is 4.79 Å². The molecule has 2 N–H and O–H groups in total. The number of rotatable bonds is 4. The second kappa shape index (κ2) is 6.70. The van der Waals surface area contributed by atoms with Crippen molar-refractivity contribution in [2.75, 3.05) is 6.54 Å². The minimum Gasteiger partial charge on any atom is -0.338 e. The molecule has 1 fully saturated rings. The Hall–Kier alpha value is -0.730. The monoisotopic (exact) mass is 212 g/mol. The highest BCUT2D eigenvalue weighted by Gasteiger charge is 2.15. The molecule has 1 unspecified atom stereocenters. The molecule has 2 amide bonds. The summed E-state index contributed by atoms with van der Waals surface area (Å²) in [6.45, 7) is 5.08. The van der Waals surface area contributed by atoms with Gasteiger partial charge in [-0.15, -0.1) is 0 Å². The van der Waals surface area contributed by atoms with Gasteiger partial charge in [-0.25, -0.2) is 4.79 Å². The van der Waals surface area contributed by atoms with E-state index in [2.05, 4.69) is 24.5 Å². The summed E-state index contributed by atoms with van der Waals surface area (Å²) in [5.41, 5.74) is 0. The number of carbonyl (C=O) groups excluding carboxylic acids is 1. The van der Waals surface area contributed by atoms with Crippen molar-refractivity contribution in [1.82, 2.24) is 10.6 Å². The van der Waals surface area contributed by atoms with Gasteiger partial charge in [-0.05, 0) is 18.8 Å². The van der Waals surface area contributed by atoms with E-state index in [9.17, 15) is 4.79 Å². The number of hydrogen-bond acceptors (Lipinski definition) is 1. The summed E-state index contributed by atoms with van der Waals surface area (Å²) in [5, 5.41) is 5.98. The molecule has 0 aliphatic heterocycles. The van der Waals surface area contributed by atoms with Crippen molar-refractivity contribution in [2.45, 2.75) is 58.4 Å². The van der Waals surface area contributed by atoms with Crippen molar-refractivity contribution in [3.8, 4) is 0 Å². The topological polar surface area (TPSA) is 41.1 Å². The molecule has 0 aromatic carbocycles.